The summed E-state index contributed by atoms with van der Waals surface area (Å²) in [6.45, 7) is 3.47. The molecule has 1 N–H and O–H groups in total. The van der Waals surface area contributed by atoms with Crippen LogP contribution in [-0.4, -0.2) is 38.6 Å². The number of thioether (sulfide) groups is 1. The fourth-order valence-corrected chi connectivity index (χ4v) is 6.38. The van der Waals surface area contributed by atoms with E-state index in [-0.39, 0.29) is 17.2 Å². The summed E-state index contributed by atoms with van der Waals surface area (Å²) in [5.74, 6) is 0.00690. The minimum atomic E-state index is -0.238. The lowest BCUT2D eigenvalue weighted by atomic mass is 10.1. The van der Waals surface area contributed by atoms with Crippen molar-refractivity contribution in [3.63, 3.8) is 0 Å². The molecule has 2 atom stereocenters. The quantitative estimate of drug-likeness (QED) is 0.355. The lowest BCUT2D eigenvalue weighted by molar-refractivity contribution is -0.120. The first kappa shape index (κ1) is 22.3. The number of nitrogens with zero attached hydrogens (tertiary/aromatic N) is 3. The van der Waals surface area contributed by atoms with Gasteiger partial charge in [-0.1, -0.05) is 29.8 Å². The van der Waals surface area contributed by atoms with Gasteiger partial charge in [0.2, 0.25) is 5.91 Å². The van der Waals surface area contributed by atoms with Crippen LogP contribution in [0.1, 0.15) is 17.0 Å². The number of aromatic nitrogens is 2. The lowest BCUT2D eigenvalue weighted by Crippen LogP contribution is -2.39. The minimum absolute atomic E-state index is 0.00690. The maximum Gasteiger partial charge on any atom is 0.241 e. The summed E-state index contributed by atoms with van der Waals surface area (Å²) in [6, 6.07) is 19.5. The summed E-state index contributed by atoms with van der Waals surface area (Å²) in [5, 5.41) is 6.12. The molecule has 5 nitrogen and oxygen atoms in total. The number of hydrogen-bond donors (Lipinski definition) is 1. The first-order chi connectivity index (χ1) is 16.0. The van der Waals surface area contributed by atoms with Crippen molar-refractivity contribution >= 4 is 56.5 Å². The Morgan fingerprint density at radius 1 is 1.21 bits per heavy atom. The standard InChI is InChI=1S/C25H23ClN4OS2/c1-16-28-21-12-19(8-9-23(21)32-16)29-25(31)22-13-20(33-24-7-2-3-10-27-24)15-30(22)14-17-5-4-6-18(26)11-17/h2-12,20,22H,13-15H2,1H3,(H,29,31)/t20-,22+/m1/s1. The highest BCUT2D eigenvalue weighted by Gasteiger charge is 2.37. The molecule has 1 aliphatic rings. The van der Waals surface area contributed by atoms with Crippen LogP contribution in [0.15, 0.2) is 71.9 Å². The number of pyridine rings is 1. The van der Waals surface area contributed by atoms with E-state index in [1.807, 2.05) is 67.7 Å². The van der Waals surface area contributed by atoms with Gasteiger partial charge in [0, 0.05) is 35.2 Å². The normalized spacial score (nSPS) is 18.6. The Morgan fingerprint density at radius 3 is 2.94 bits per heavy atom. The highest BCUT2D eigenvalue weighted by molar-refractivity contribution is 7.99. The molecule has 168 valence electrons. The molecule has 0 radical (unpaired) electrons. The van der Waals surface area contributed by atoms with Gasteiger partial charge in [-0.25, -0.2) is 9.97 Å². The number of thiazole rings is 1. The Balaban J connectivity index is 1.35. The third kappa shape index (κ3) is 5.38. The van der Waals surface area contributed by atoms with Crippen molar-refractivity contribution < 1.29 is 4.79 Å². The Kier molecular flexibility index (Phi) is 6.64. The third-order valence-electron chi connectivity index (χ3n) is 5.63. The average Bonchev–Trinajstić information content (AvgIpc) is 3.36. The van der Waals surface area contributed by atoms with Crippen molar-refractivity contribution in [2.75, 3.05) is 11.9 Å². The van der Waals surface area contributed by atoms with Crippen LogP contribution in [0.5, 0.6) is 0 Å². The molecule has 3 heterocycles. The number of nitrogens with one attached hydrogen (secondary N) is 1. The molecular weight excluding hydrogens is 472 g/mol. The number of likely N-dealkylation sites (tertiary alicyclic amines) is 1. The number of aryl methyl sites for hydroxylation is 1. The predicted octanol–water partition coefficient (Wildman–Crippen LogP) is 6.03. The van der Waals surface area contributed by atoms with Crippen LogP contribution in [0, 0.1) is 6.92 Å². The zero-order chi connectivity index (χ0) is 22.8. The number of rotatable bonds is 6. The molecule has 0 aliphatic carbocycles. The van der Waals surface area contributed by atoms with Crippen LogP contribution in [-0.2, 0) is 11.3 Å². The van der Waals surface area contributed by atoms with E-state index in [4.69, 9.17) is 11.6 Å². The van der Waals surface area contributed by atoms with Crippen LogP contribution in [0.4, 0.5) is 5.69 Å². The number of fused-ring (bicyclic) bond motifs is 1. The van der Waals surface area contributed by atoms with Gasteiger partial charge in [0.15, 0.2) is 0 Å². The summed E-state index contributed by atoms with van der Waals surface area (Å²) in [7, 11) is 0. The van der Waals surface area contributed by atoms with Gasteiger partial charge in [0.1, 0.15) is 0 Å². The molecule has 0 spiro atoms. The second-order valence-electron chi connectivity index (χ2n) is 8.12. The smallest absolute Gasteiger partial charge is 0.241 e. The van der Waals surface area contributed by atoms with E-state index in [1.165, 1.54) is 0 Å². The summed E-state index contributed by atoms with van der Waals surface area (Å²) in [5.41, 5.74) is 2.80. The minimum Gasteiger partial charge on any atom is -0.325 e. The molecule has 5 rings (SSSR count). The van der Waals surface area contributed by atoms with Gasteiger partial charge >= 0.3 is 0 Å². The molecule has 1 saturated heterocycles. The lowest BCUT2D eigenvalue weighted by Gasteiger charge is -2.23. The van der Waals surface area contributed by atoms with Gasteiger partial charge in [-0.15, -0.1) is 23.1 Å². The molecule has 2 aromatic heterocycles. The maximum absolute atomic E-state index is 13.4. The summed E-state index contributed by atoms with van der Waals surface area (Å²) >= 11 is 9.60. The second-order valence-corrected chi connectivity index (χ2v) is 11.1. The molecular formula is C25H23ClN4OS2. The number of carbonyl (C=O) groups excluding carboxylic acids is 1. The van der Waals surface area contributed by atoms with E-state index in [0.29, 0.717) is 11.6 Å². The van der Waals surface area contributed by atoms with Gasteiger partial charge in [-0.3, -0.25) is 9.69 Å². The van der Waals surface area contributed by atoms with E-state index in [1.54, 1.807) is 23.1 Å². The number of hydrogen-bond acceptors (Lipinski definition) is 6. The number of benzene rings is 2. The van der Waals surface area contributed by atoms with Crippen molar-refractivity contribution in [1.82, 2.24) is 14.9 Å². The number of amides is 1. The molecule has 2 aromatic carbocycles. The molecule has 1 aliphatic heterocycles. The van der Waals surface area contributed by atoms with E-state index in [9.17, 15) is 4.79 Å². The number of halogens is 1. The monoisotopic (exact) mass is 494 g/mol. The highest BCUT2D eigenvalue weighted by Crippen LogP contribution is 2.34. The first-order valence-corrected chi connectivity index (χ1v) is 12.9. The molecule has 33 heavy (non-hydrogen) atoms. The Hall–Kier alpha value is -2.45. The topological polar surface area (TPSA) is 58.1 Å². The van der Waals surface area contributed by atoms with Crippen molar-refractivity contribution in [2.24, 2.45) is 0 Å². The second kappa shape index (κ2) is 9.81. The van der Waals surface area contributed by atoms with Crippen molar-refractivity contribution in [3.8, 4) is 0 Å². The van der Waals surface area contributed by atoms with E-state index in [0.717, 1.165) is 44.5 Å². The summed E-state index contributed by atoms with van der Waals surface area (Å²) < 4.78 is 1.13. The molecule has 4 aromatic rings. The summed E-state index contributed by atoms with van der Waals surface area (Å²) in [6.07, 6.45) is 2.56. The van der Waals surface area contributed by atoms with Gasteiger partial charge in [0.05, 0.1) is 26.3 Å². The molecule has 0 bridgehead atoms. The highest BCUT2D eigenvalue weighted by atomic mass is 35.5. The van der Waals surface area contributed by atoms with E-state index >= 15 is 0 Å². The zero-order valence-electron chi connectivity index (χ0n) is 18.1. The SMILES string of the molecule is Cc1nc2cc(NC(=O)[C@@H]3C[C@@H](Sc4ccccn4)CN3Cc3cccc(Cl)c3)ccc2s1. The molecule has 8 heteroatoms. The van der Waals surface area contributed by atoms with Crippen LogP contribution >= 0.6 is 34.7 Å². The van der Waals surface area contributed by atoms with Gasteiger partial charge < -0.3 is 5.32 Å². The van der Waals surface area contributed by atoms with Crippen LogP contribution in [0.25, 0.3) is 10.2 Å². The van der Waals surface area contributed by atoms with Crippen LogP contribution < -0.4 is 5.32 Å². The molecule has 0 saturated carbocycles. The Bertz CT molecular complexity index is 1280. The maximum atomic E-state index is 13.4. The molecule has 1 amide bonds. The van der Waals surface area contributed by atoms with Crippen molar-refractivity contribution in [1.29, 1.82) is 0 Å². The zero-order valence-corrected chi connectivity index (χ0v) is 20.5. The predicted molar refractivity (Wildman–Crippen MR) is 137 cm³/mol. The largest absolute Gasteiger partial charge is 0.325 e. The molecule has 0 unspecified atom stereocenters. The fourth-order valence-electron chi connectivity index (χ4n) is 4.20. The molecule has 1 fully saturated rings. The Labute approximate surface area is 206 Å². The summed E-state index contributed by atoms with van der Waals surface area (Å²) in [4.78, 5) is 24.6. The van der Waals surface area contributed by atoms with Gasteiger partial charge in [-0.2, -0.15) is 0 Å². The number of anilines is 1. The first-order valence-electron chi connectivity index (χ1n) is 10.8. The average molecular weight is 495 g/mol. The van der Waals surface area contributed by atoms with E-state index in [2.05, 4.69) is 26.3 Å². The van der Waals surface area contributed by atoms with Gasteiger partial charge in [-0.05, 0) is 61.4 Å². The van der Waals surface area contributed by atoms with Gasteiger partial charge in [0.25, 0.3) is 0 Å². The van der Waals surface area contributed by atoms with Crippen molar-refractivity contribution in [2.45, 2.75) is 36.2 Å². The van der Waals surface area contributed by atoms with Crippen LogP contribution in [0.3, 0.4) is 0 Å². The fraction of sp³-hybridized carbons (Fsp3) is 0.240. The third-order valence-corrected chi connectivity index (χ3v) is 7.97. The number of carbonyl (C=O) groups is 1. The van der Waals surface area contributed by atoms with Crippen molar-refractivity contribution in [3.05, 3.63) is 82.5 Å². The van der Waals surface area contributed by atoms with Crippen LogP contribution in [0.2, 0.25) is 5.02 Å². The Morgan fingerprint density at radius 2 is 2.12 bits per heavy atom. The van der Waals surface area contributed by atoms with E-state index < -0.39 is 0 Å².